The van der Waals surface area contributed by atoms with Gasteiger partial charge in [0, 0.05) is 32.4 Å². The van der Waals surface area contributed by atoms with E-state index in [1.54, 1.807) is 12.1 Å². The molecular formula is C20H20N4O2. The van der Waals surface area contributed by atoms with Crippen molar-refractivity contribution >= 4 is 11.6 Å². The molecule has 1 aromatic heterocycles. The zero-order chi connectivity index (χ0) is 18.5. The Morgan fingerprint density at radius 1 is 1.00 bits per heavy atom. The predicted octanol–water partition coefficient (Wildman–Crippen LogP) is 2.23. The van der Waals surface area contributed by atoms with Gasteiger partial charge in [0.1, 0.15) is 5.69 Å². The van der Waals surface area contributed by atoms with Crippen molar-refractivity contribution in [3.05, 3.63) is 88.3 Å². The summed E-state index contributed by atoms with van der Waals surface area (Å²) in [6, 6.07) is 19.7. The van der Waals surface area contributed by atoms with Crippen molar-refractivity contribution < 1.29 is 4.79 Å². The highest BCUT2D eigenvalue weighted by Gasteiger charge is 2.10. The van der Waals surface area contributed by atoms with E-state index in [0.29, 0.717) is 12.2 Å². The molecule has 0 spiro atoms. The van der Waals surface area contributed by atoms with E-state index in [4.69, 9.17) is 0 Å². The van der Waals surface area contributed by atoms with Gasteiger partial charge in [-0.2, -0.15) is 9.78 Å². The van der Waals surface area contributed by atoms with Gasteiger partial charge >= 0.3 is 0 Å². The molecule has 0 saturated heterocycles. The molecular weight excluding hydrogens is 328 g/mol. The molecule has 0 fully saturated rings. The monoisotopic (exact) mass is 348 g/mol. The fourth-order valence-electron chi connectivity index (χ4n) is 2.47. The number of hydrogen-bond acceptors (Lipinski definition) is 4. The minimum atomic E-state index is -0.327. The van der Waals surface area contributed by atoms with Crippen LogP contribution in [0.3, 0.4) is 0 Å². The van der Waals surface area contributed by atoms with Gasteiger partial charge < -0.3 is 10.2 Å². The summed E-state index contributed by atoms with van der Waals surface area (Å²) in [5.74, 6) is -0.327. The number of rotatable bonds is 5. The molecule has 0 bridgehead atoms. The molecule has 132 valence electrons. The third-order valence-electron chi connectivity index (χ3n) is 3.94. The van der Waals surface area contributed by atoms with Crippen molar-refractivity contribution in [3.63, 3.8) is 0 Å². The Kier molecular flexibility index (Phi) is 5.12. The second kappa shape index (κ2) is 7.65. The number of amides is 1. The van der Waals surface area contributed by atoms with Crippen LogP contribution < -0.4 is 15.8 Å². The van der Waals surface area contributed by atoms with Crippen LogP contribution in [-0.2, 0) is 6.54 Å². The fourth-order valence-corrected chi connectivity index (χ4v) is 2.47. The first-order chi connectivity index (χ1) is 12.5. The summed E-state index contributed by atoms with van der Waals surface area (Å²) in [6.45, 7) is 0.388. The SMILES string of the molecule is CN(C)c1ccc(CNC(=O)c2ccc(=O)n(-c3ccccc3)n2)cc1. The highest BCUT2D eigenvalue weighted by Crippen LogP contribution is 2.12. The Bertz CT molecular complexity index is 948. The van der Waals surface area contributed by atoms with Crippen LogP contribution in [0.15, 0.2) is 71.5 Å². The lowest BCUT2D eigenvalue weighted by Gasteiger charge is -2.13. The number of hydrogen-bond donors (Lipinski definition) is 1. The second-order valence-corrected chi connectivity index (χ2v) is 6.05. The standard InChI is InChI=1S/C20H20N4O2/c1-23(2)16-10-8-15(9-11-16)14-21-20(26)18-12-13-19(25)24(22-18)17-6-4-3-5-7-17/h3-13H,14H2,1-2H3,(H,21,26). The summed E-state index contributed by atoms with van der Waals surface area (Å²) in [7, 11) is 3.95. The van der Waals surface area contributed by atoms with Crippen LogP contribution in [-0.4, -0.2) is 29.8 Å². The molecule has 3 rings (SSSR count). The van der Waals surface area contributed by atoms with Crippen molar-refractivity contribution in [2.24, 2.45) is 0 Å². The lowest BCUT2D eigenvalue weighted by atomic mass is 10.2. The maximum absolute atomic E-state index is 12.4. The Morgan fingerprint density at radius 2 is 1.69 bits per heavy atom. The smallest absolute Gasteiger partial charge is 0.272 e. The largest absolute Gasteiger partial charge is 0.378 e. The molecule has 1 N–H and O–H groups in total. The number of aromatic nitrogens is 2. The molecule has 1 amide bonds. The van der Waals surface area contributed by atoms with E-state index in [2.05, 4.69) is 10.4 Å². The van der Waals surface area contributed by atoms with E-state index in [0.717, 1.165) is 11.3 Å². The first-order valence-corrected chi connectivity index (χ1v) is 8.25. The maximum atomic E-state index is 12.4. The van der Waals surface area contributed by atoms with Crippen LogP contribution in [0.4, 0.5) is 5.69 Å². The summed E-state index contributed by atoms with van der Waals surface area (Å²) >= 11 is 0. The van der Waals surface area contributed by atoms with Crippen molar-refractivity contribution in [1.29, 1.82) is 0 Å². The number of carbonyl (C=O) groups is 1. The van der Waals surface area contributed by atoms with Gasteiger partial charge in [-0.3, -0.25) is 9.59 Å². The van der Waals surface area contributed by atoms with Crippen molar-refractivity contribution in [2.75, 3.05) is 19.0 Å². The van der Waals surface area contributed by atoms with E-state index in [1.165, 1.54) is 16.8 Å². The Balaban J connectivity index is 1.73. The van der Waals surface area contributed by atoms with Gasteiger partial charge in [-0.1, -0.05) is 30.3 Å². The van der Waals surface area contributed by atoms with Gasteiger partial charge in [0.2, 0.25) is 0 Å². The molecule has 3 aromatic rings. The normalized spacial score (nSPS) is 10.4. The zero-order valence-electron chi connectivity index (χ0n) is 14.7. The van der Waals surface area contributed by atoms with Crippen LogP contribution in [0.1, 0.15) is 16.1 Å². The molecule has 0 aliphatic carbocycles. The van der Waals surface area contributed by atoms with Gasteiger partial charge in [0.25, 0.3) is 11.5 Å². The van der Waals surface area contributed by atoms with Crippen LogP contribution in [0, 0.1) is 0 Å². The van der Waals surface area contributed by atoms with E-state index in [-0.39, 0.29) is 17.2 Å². The fraction of sp³-hybridized carbons (Fsp3) is 0.150. The highest BCUT2D eigenvalue weighted by atomic mass is 16.2. The predicted molar refractivity (Wildman–Crippen MR) is 102 cm³/mol. The highest BCUT2D eigenvalue weighted by molar-refractivity contribution is 5.92. The lowest BCUT2D eigenvalue weighted by molar-refractivity contribution is 0.0944. The van der Waals surface area contributed by atoms with Crippen molar-refractivity contribution in [3.8, 4) is 5.69 Å². The molecule has 0 aliphatic heterocycles. The topological polar surface area (TPSA) is 67.2 Å². The zero-order valence-corrected chi connectivity index (χ0v) is 14.7. The number of benzene rings is 2. The first-order valence-electron chi connectivity index (χ1n) is 8.25. The van der Waals surface area contributed by atoms with Gasteiger partial charge in [-0.15, -0.1) is 0 Å². The summed E-state index contributed by atoms with van der Waals surface area (Å²) in [4.78, 5) is 26.4. The first kappa shape index (κ1) is 17.4. The van der Waals surface area contributed by atoms with Gasteiger partial charge in [-0.25, -0.2) is 0 Å². The van der Waals surface area contributed by atoms with Crippen LogP contribution in [0.25, 0.3) is 5.69 Å². The molecule has 26 heavy (non-hydrogen) atoms. The van der Waals surface area contributed by atoms with Gasteiger partial charge in [0.05, 0.1) is 5.69 Å². The minimum absolute atomic E-state index is 0.193. The molecule has 1 heterocycles. The van der Waals surface area contributed by atoms with Crippen LogP contribution in [0.2, 0.25) is 0 Å². The summed E-state index contributed by atoms with van der Waals surface area (Å²) in [6.07, 6.45) is 0. The third-order valence-corrected chi connectivity index (χ3v) is 3.94. The molecule has 6 nitrogen and oxygen atoms in total. The van der Waals surface area contributed by atoms with E-state index >= 15 is 0 Å². The van der Waals surface area contributed by atoms with E-state index in [9.17, 15) is 9.59 Å². The van der Waals surface area contributed by atoms with E-state index in [1.807, 2.05) is 61.5 Å². The molecule has 0 aliphatic rings. The summed E-state index contributed by atoms with van der Waals surface area (Å²) in [5.41, 5.74) is 2.61. The lowest BCUT2D eigenvalue weighted by Crippen LogP contribution is -2.28. The second-order valence-electron chi connectivity index (χ2n) is 6.05. The quantitative estimate of drug-likeness (QED) is 0.768. The minimum Gasteiger partial charge on any atom is -0.378 e. The van der Waals surface area contributed by atoms with Crippen LogP contribution >= 0.6 is 0 Å². The average Bonchev–Trinajstić information content (AvgIpc) is 2.67. The number of carbonyl (C=O) groups excluding carboxylic acids is 1. The number of para-hydroxylation sites is 1. The number of anilines is 1. The Hall–Kier alpha value is -3.41. The molecule has 0 atom stereocenters. The van der Waals surface area contributed by atoms with E-state index < -0.39 is 0 Å². The Labute approximate surface area is 151 Å². The number of nitrogens with one attached hydrogen (secondary N) is 1. The molecule has 0 radical (unpaired) electrons. The molecule has 0 unspecified atom stereocenters. The van der Waals surface area contributed by atoms with Gasteiger partial charge in [0.15, 0.2) is 0 Å². The van der Waals surface area contributed by atoms with Gasteiger partial charge in [-0.05, 0) is 35.9 Å². The van der Waals surface area contributed by atoms with Crippen molar-refractivity contribution in [1.82, 2.24) is 15.1 Å². The van der Waals surface area contributed by atoms with Crippen LogP contribution in [0.5, 0.6) is 0 Å². The molecule has 0 saturated carbocycles. The molecule has 2 aromatic carbocycles. The summed E-state index contributed by atoms with van der Waals surface area (Å²) < 4.78 is 1.22. The summed E-state index contributed by atoms with van der Waals surface area (Å²) in [5, 5.41) is 7.01. The Morgan fingerprint density at radius 3 is 2.35 bits per heavy atom. The number of nitrogens with zero attached hydrogens (tertiary/aromatic N) is 3. The van der Waals surface area contributed by atoms with Crippen molar-refractivity contribution in [2.45, 2.75) is 6.54 Å². The maximum Gasteiger partial charge on any atom is 0.272 e. The molecule has 6 heteroatoms. The third kappa shape index (κ3) is 3.97. The average molecular weight is 348 g/mol.